The fraction of sp³-hybridized carbons (Fsp3) is 0. The molecule has 31 heavy (non-hydrogen) atoms. The number of aromatic nitrogens is 4. The summed E-state index contributed by atoms with van der Waals surface area (Å²) in [5, 5.41) is 7.63. The minimum Gasteiger partial charge on any atom is -0.436 e. The number of anilines is 1. The first-order valence-electron chi connectivity index (χ1n) is 9.54. The van der Waals surface area contributed by atoms with Crippen molar-refractivity contribution in [2.45, 2.75) is 0 Å². The summed E-state index contributed by atoms with van der Waals surface area (Å²) in [5.41, 5.74) is 2.42. The van der Waals surface area contributed by atoms with Crippen LogP contribution in [0.15, 0.2) is 77.6 Å². The molecule has 0 radical (unpaired) electrons. The van der Waals surface area contributed by atoms with Crippen molar-refractivity contribution in [2.75, 3.05) is 4.90 Å². The van der Waals surface area contributed by atoms with Gasteiger partial charge < -0.3 is 4.42 Å². The molecule has 0 fully saturated rings. The molecule has 5 aromatic rings. The van der Waals surface area contributed by atoms with Crippen LogP contribution in [0.25, 0.3) is 33.6 Å². The number of oxazole rings is 1. The number of hydrogen-bond donors (Lipinski definition) is 1. The predicted octanol–water partition coefficient (Wildman–Crippen LogP) is 4.08. The molecular formula is C23H13N5O3. The lowest BCUT2D eigenvalue weighted by molar-refractivity contribution is 0.0891. The molecule has 0 spiro atoms. The van der Waals surface area contributed by atoms with Gasteiger partial charge in [-0.15, -0.1) is 0 Å². The van der Waals surface area contributed by atoms with Crippen LogP contribution in [-0.4, -0.2) is 32.0 Å². The molecule has 0 bridgehead atoms. The van der Waals surface area contributed by atoms with Gasteiger partial charge in [-0.2, -0.15) is 10.1 Å². The lowest BCUT2D eigenvalue weighted by Gasteiger charge is -2.25. The minimum atomic E-state index is -0.464. The van der Waals surface area contributed by atoms with E-state index in [0.29, 0.717) is 33.7 Å². The van der Waals surface area contributed by atoms with Gasteiger partial charge in [0.1, 0.15) is 6.33 Å². The van der Waals surface area contributed by atoms with Crippen molar-refractivity contribution in [3.63, 3.8) is 0 Å². The van der Waals surface area contributed by atoms with Gasteiger partial charge >= 0.3 is 0 Å². The van der Waals surface area contributed by atoms with E-state index in [-0.39, 0.29) is 5.95 Å². The maximum Gasteiger partial charge on any atom is 0.268 e. The zero-order valence-corrected chi connectivity index (χ0v) is 15.9. The number of carbonyl (C=O) groups is 2. The van der Waals surface area contributed by atoms with Crippen LogP contribution in [0.1, 0.15) is 20.7 Å². The zero-order valence-electron chi connectivity index (χ0n) is 15.9. The standard InChI is InChI=1S/C23H13N5O3/c29-21-16-8-4-7-14-15(20-24-11-18(31-20)13-5-2-1-3-6-13)9-10-17(19(14)16)22(30)28(21)23-25-12-26-27-23/h1-12H,(H,25,26,27). The summed E-state index contributed by atoms with van der Waals surface area (Å²) in [6.07, 6.45) is 2.92. The summed E-state index contributed by atoms with van der Waals surface area (Å²) in [7, 11) is 0. The number of benzene rings is 3. The topological polar surface area (TPSA) is 105 Å². The van der Waals surface area contributed by atoms with Crippen LogP contribution in [0.5, 0.6) is 0 Å². The number of hydrogen-bond acceptors (Lipinski definition) is 6. The van der Waals surface area contributed by atoms with Crippen molar-refractivity contribution >= 4 is 28.5 Å². The van der Waals surface area contributed by atoms with Gasteiger partial charge in [-0.05, 0) is 23.6 Å². The second kappa shape index (κ2) is 6.46. The van der Waals surface area contributed by atoms with Crippen LogP contribution in [0.2, 0.25) is 0 Å². The van der Waals surface area contributed by atoms with E-state index in [9.17, 15) is 9.59 Å². The van der Waals surface area contributed by atoms with E-state index in [2.05, 4.69) is 20.2 Å². The number of rotatable bonds is 3. The van der Waals surface area contributed by atoms with Gasteiger partial charge in [-0.1, -0.05) is 42.5 Å². The maximum atomic E-state index is 13.1. The van der Waals surface area contributed by atoms with Gasteiger partial charge in [0.25, 0.3) is 11.8 Å². The van der Waals surface area contributed by atoms with Crippen LogP contribution >= 0.6 is 0 Å². The van der Waals surface area contributed by atoms with Crippen molar-refractivity contribution in [2.24, 2.45) is 0 Å². The van der Waals surface area contributed by atoms with Crippen LogP contribution in [0.3, 0.4) is 0 Å². The van der Waals surface area contributed by atoms with Crippen molar-refractivity contribution in [1.82, 2.24) is 20.2 Å². The van der Waals surface area contributed by atoms with Gasteiger partial charge in [0, 0.05) is 27.6 Å². The fourth-order valence-electron chi connectivity index (χ4n) is 3.92. The van der Waals surface area contributed by atoms with Crippen LogP contribution in [0, 0.1) is 0 Å². The molecular weight excluding hydrogens is 394 g/mol. The zero-order chi connectivity index (χ0) is 20.9. The van der Waals surface area contributed by atoms with Gasteiger partial charge in [-0.25, -0.2) is 15.0 Å². The summed E-state index contributed by atoms with van der Waals surface area (Å²) >= 11 is 0. The van der Waals surface area contributed by atoms with Gasteiger partial charge in [0.05, 0.1) is 6.20 Å². The monoisotopic (exact) mass is 407 g/mol. The Kier molecular flexibility index (Phi) is 3.60. The first-order chi connectivity index (χ1) is 15.2. The fourth-order valence-corrected chi connectivity index (χ4v) is 3.92. The number of amides is 2. The number of imide groups is 1. The highest BCUT2D eigenvalue weighted by Gasteiger charge is 2.36. The maximum absolute atomic E-state index is 13.1. The highest BCUT2D eigenvalue weighted by atomic mass is 16.4. The summed E-state index contributed by atoms with van der Waals surface area (Å²) in [4.78, 5) is 35.7. The second-order valence-corrected chi connectivity index (χ2v) is 7.04. The molecule has 1 N–H and O–H groups in total. The number of nitrogens with one attached hydrogen (secondary N) is 1. The van der Waals surface area contributed by atoms with E-state index in [1.165, 1.54) is 6.33 Å². The summed E-state index contributed by atoms with van der Waals surface area (Å²) in [6, 6.07) is 18.5. The summed E-state index contributed by atoms with van der Waals surface area (Å²) in [5.74, 6) is 0.213. The smallest absolute Gasteiger partial charge is 0.268 e. The Balaban J connectivity index is 1.52. The quantitative estimate of drug-likeness (QED) is 0.452. The third kappa shape index (κ3) is 2.52. The lowest BCUT2D eigenvalue weighted by atomic mass is 9.91. The average Bonchev–Trinajstić information content (AvgIpc) is 3.51. The van der Waals surface area contributed by atoms with Crippen LogP contribution in [0.4, 0.5) is 5.95 Å². The third-order valence-corrected chi connectivity index (χ3v) is 5.32. The molecule has 8 heteroatoms. The second-order valence-electron chi connectivity index (χ2n) is 7.04. The number of H-pyrrole nitrogens is 1. The van der Waals surface area contributed by atoms with E-state index in [1.807, 2.05) is 36.4 Å². The molecule has 3 aromatic carbocycles. The Bertz CT molecular complexity index is 1450. The number of nitrogens with zero attached hydrogens (tertiary/aromatic N) is 4. The molecule has 0 aliphatic carbocycles. The minimum absolute atomic E-state index is 0.0851. The van der Waals surface area contributed by atoms with Crippen LogP contribution < -0.4 is 4.90 Å². The Hall–Kier alpha value is -4.59. The molecule has 8 nitrogen and oxygen atoms in total. The van der Waals surface area contributed by atoms with Gasteiger partial charge in [-0.3, -0.25) is 9.59 Å². The molecule has 148 valence electrons. The number of carbonyl (C=O) groups excluding carboxylic acids is 2. The van der Waals surface area contributed by atoms with Crippen molar-refractivity contribution < 1.29 is 14.0 Å². The predicted molar refractivity (Wildman–Crippen MR) is 112 cm³/mol. The highest BCUT2D eigenvalue weighted by molar-refractivity contribution is 6.36. The lowest BCUT2D eigenvalue weighted by Crippen LogP contribution is -2.41. The third-order valence-electron chi connectivity index (χ3n) is 5.32. The molecule has 1 aliphatic rings. The van der Waals surface area contributed by atoms with E-state index in [1.54, 1.807) is 30.5 Å². The van der Waals surface area contributed by atoms with Crippen molar-refractivity contribution in [3.8, 4) is 22.8 Å². The molecule has 1 aliphatic heterocycles. The Morgan fingerprint density at radius 1 is 0.806 bits per heavy atom. The Morgan fingerprint density at radius 2 is 1.58 bits per heavy atom. The van der Waals surface area contributed by atoms with Crippen molar-refractivity contribution in [1.29, 1.82) is 0 Å². The van der Waals surface area contributed by atoms with Gasteiger partial charge in [0.15, 0.2) is 5.76 Å². The van der Waals surface area contributed by atoms with E-state index < -0.39 is 11.8 Å². The van der Waals surface area contributed by atoms with E-state index >= 15 is 0 Å². The molecule has 0 atom stereocenters. The van der Waals surface area contributed by atoms with Crippen LogP contribution in [-0.2, 0) is 0 Å². The first-order valence-corrected chi connectivity index (χ1v) is 9.54. The largest absolute Gasteiger partial charge is 0.436 e. The SMILES string of the molecule is O=C1c2cccc3c(-c4ncc(-c5ccccc5)o4)ccc(c23)C(=O)N1c1ncn[nH]1. The molecule has 3 heterocycles. The highest BCUT2D eigenvalue weighted by Crippen LogP contribution is 2.37. The Morgan fingerprint density at radius 3 is 2.35 bits per heavy atom. The molecule has 6 rings (SSSR count). The molecule has 0 unspecified atom stereocenters. The normalized spacial score (nSPS) is 13.2. The molecule has 0 saturated carbocycles. The van der Waals surface area contributed by atoms with E-state index in [4.69, 9.17) is 4.42 Å². The molecule has 2 amide bonds. The molecule has 2 aromatic heterocycles. The average molecular weight is 407 g/mol. The van der Waals surface area contributed by atoms with E-state index in [0.717, 1.165) is 15.8 Å². The molecule has 0 saturated heterocycles. The van der Waals surface area contributed by atoms with Gasteiger partial charge in [0.2, 0.25) is 11.8 Å². The summed E-state index contributed by atoms with van der Waals surface area (Å²) in [6.45, 7) is 0. The van der Waals surface area contributed by atoms with Crippen molar-refractivity contribution in [3.05, 3.63) is 84.3 Å². The first kappa shape index (κ1) is 17.3. The Labute approximate surface area is 175 Å². The number of aromatic amines is 1. The summed E-state index contributed by atoms with van der Waals surface area (Å²) < 4.78 is 6.01.